The van der Waals surface area contributed by atoms with Crippen molar-refractivity contribution in [2.24, 2.45) is 0 Å². The molecule has 0 N–H and O–H groups in total. The minimum absolute atomic E-state index is 0.0162. The van der Waals surface area contributed by atoms with Crippen LogP contribution >= 0.6 is 0 Å². The van der Waals surface area contributed by atoms with Crippen LogP contribution in [0.1, 0.15) is 41.1 Å². The van der Waals surface area contributed by atoms with Crippen LogP contribution in [0, 0.1) is 12.4 Å². The van der Waals surface area contributed by atoms with Crippen molar-refractivity contribution in [3.63, 3.8) is 0 Å². The lowest BCUT2D eigenvalue weighted by Crippen LogP contribution is -2.48. The molecule has 234 valence electrons. The SMILES string of the molecule is [C-]#[N+]c1ccc(COc2cc(OC)cc(N3CCN([C@@H](C)c4nc5ccc(C(=O)OC)cc5n4C[C@@H]4CCO4)CC3)n2)c(F)c1. The summed E-state index contributed by atoms with van der Waals surface area (Å²) in [5.41, 5.74) is 2.80. The highest BCUT2D eigenvalue weighted by molar-refractivity contribution is 5.93. The van der Waals surface area contributed by atoms with Crippen molar-refractivity contribution in [2.45, 2.75) is 38.6 Å². The van der Waals surface area contributed by atoms with Gasteiger partial charge in [0.15, 0.2) is 5.69 Å². The number of carbonyl (C=O) groups is 1. The van der Waals surface area contributed by atoms with Gasteiger partial charge < -0.3 is 28.4 Å². The molecule has 0 unspecified atom stereocenters. The molecule has 0 saturated carbocycles. The molecule has 12 heteroatoms. The van der Waals surface area contributed by atoms with Gasteiger partial charge in [-0.15, -0.1) is 0 Å². The second-order valence-electron chi connectivity index (χ2n) is 11.1. The summed E-state index contributed by atoms with van der Waals surface area (Å²) in [6, 6.07) is 13.4. The van der Waals surface area contributed by atoms with E-state index in [9.17, 15) is 9.18 Å². The number of nitrogens with zero attached hydrogens (tertiary/aromatic N) is 6. The summed E-state index contributed by atoms with van der Waals surface area (Å²) in [6.07, 6.45) is 1.11. The maximum Gasteiger partial charge on any atom is 0.337 e. The summed E-state index contributed by atoms with van der Waals surface area (Å²) >= 11 is 0. The third-order valence-corrected chi connectivity index (χ3v) is 8.48. The van der Waals surface area contributed by atoms with Crippen LogP contribution in [0.15, 0.2) is 48.5 Å². The van der Waals surface area contributed by atoms with E-state index in [1.165, 1.54) is 13.2 Å². The van der Waals surface area contributed by atoms with Gasteiger partial charge in [0.25, 0.3) is 0 Å². The number of rotatable bonds is 10. The van der Waals surface area contributed by atoms with E-state index in [2.05, 4.69) is 26.1 Å². The molecule has 4 aromatic rings. The molecule has 2 aromatic carbocycles. The number of esters is 1. The molecule has 0 bridgehead atoms. The van der Waals surface area contributed by atoms with Gasteiger partial charge in [-0.3, -0.25) is 4.90 Å². The average molecular weight is 615 g/mol. The fraction of sp³-hybridized carbons (Fsp3) is 0.394. The topological polar surface area (TPSA) is 95.5 Å². The Hall–Kier alpha value is -4.73. The number of imidazole rings is 1. The smallest absolute Gasteiger partial charge is 0.337 e. The highest BCUT2D eigenvalue weighted by atomic mass is 19.1. The Balaban J connectivity index is 1.17. The number of ether oxygens (including phenoxy) is 4. The fourth-order valence-corrected chi connectivity index (χ4v) is 5.73. The molecule has 4 heterocycles. The first-order valence-corrected chi connectivity index (χ1v) is 14.9. The van der Waals surface area contributed by atoms with Gasteiger partial charge in [0, 0.05) is 50.5 Å². The number of piperazine rings is 1. The molecule has 2 atom stereocenters. The molecule has 0 spiro atoms. The van der Waals surface area contributed by atoms with Crippen molar-refractivity contribution in [3.8, 4) is 11.6 Å². The molecular formula is C33H35FN6O5. The lowest BCUT2D eigenvalue weighted by molar-refractivity contribution is -0.0594. The predicted octanol–water partition coefficient (Wildman–Crippen LogP) is 5.17. The highest BCUT2D eigenvalue weighted by Crippen LogP contribution is 2.31. The van der Waals surface area contributed by atoms with Crippen molar-refractivity contribution in [1.29, 1.82) is 0 Å². The van der Waals surface area contributed by atoms with E-state index < -0.39 is 5.82 Å². The van der Waals surface area contributed by atoms with Crippen LogP contribution < -0.4 is 14.4 Å². The molecule has 2 aliphatic heterocycles. The maximum absolute atomic E-state index is 14.4. The van der Waals surface area contributed by atoms with Crippen LogP contribution in [0.4, 0.5) is 15.9 Å². The standard InChI is InChI=1S/C33H35FN6O5/c1-21(32-36-28-8-6-22(33(41)43-4)15-29(28)40(32)19-25-9-14-44-25)38-10-12-39(13-11-38)30-17-26(42-3)18-31(37-30)45-20-23-5-7-24(35-2)16-27(23)34/h5-8,15-18,21,25H,9-14,19-20H2,1,3-4H3/t21-,25-/m0/s1. The van der Waals surface area contributed by atoms with E-state index in [0.29, 0.717) is 35.1 Å². The van der Waals surface area contributed by atoms with Crippen molar-refractivity contribution in [1.82, 2.24) is 19.4 Å². The number of methoxy groups -OCH3 is 2. The average Bonchev–Trinajstić information content (AvgIpc) is 3.42. The summed E-state index contributed by atoms with van der Waals surface area (Å²) in [5.74, 6) is 1.69. The lowest BCUT2D eigenvalue weighted by Gasteiger charge is -2.38. The van der Waals surface area contributed by atoms with E-state index >= 15 is 0 Å². The second kappa shape index (κ2) is 13.1. The van der Waals surface area contributed by atoms with Crippen molar-refractivity contribution < 1.29 is 28.1 Å². The Morgan fingerprint density at radius 3 is 2.58 bits per heavy atom. The number of halogens is 1. The van der Waals surface area contributed by atoms with Crippen molar-refractivity contribution in [2.75, 3.05) is 51.9 Å². The van der Waals surface area contributed by atoms with Gasteiger partial charge in [-0.05, 0) is 37.6 Å². The minimum Gasteiger partial charge on any atom is -0.496 e. The Kier molecular flexibility index (Phi) is 8.82. The zero-order valence-corrected chi connectivity index (χ0v) is 25.5. The number of hydrogen-bond donors (Lipinski definition) is 0. The predicted molar refractivity (Wildman–Crippen MR) is 165 cm³/mol. The first kappa shape index (κ1) is 30.3. The number of fused-ring (bicyclic) bond motifs is 1. The molecule has 6 rings (SSSR count). The highest BCUT2D eigenvalue weighted by Gasteiger charge is 2.29. The maximum atomic E-state index is 14.4. The molecule has 2 saturated heterocycles. The molecule has 0 aliphatic carbocycles. The van der Waals surface area contributed by atoms with Gasteiger partial charge in [0.05, 0.1) is 56.1 Å². The third-order valence-electron chi connectivity index (χ3n) is 8.48. The van der Waals surface area contributed by atoms with Crippen molar-refractivity contribution in [3.05, 3.63) is 82.7 Å². The van der Waals surface area contributed by atoms with Gasteiger partial charge in [0.1, 0.15) is 29.8 Å². The molecular weight excluding hydrogens is 579 g/mol. The number of aromatic nitrogens is 3. The molecule has 2 aromatic heterocycles. The van der Waals surface area contributed by atoms with E-state index in [1.54, 1.807) is 31.4 Å². The van der Waals surface area contributed by atoms with Crippen LogP contribution in [-0.4, -0.2) is 78.5 Å². The van der Waals surface area contributed by atoms with Crippen LogP contribution in [0.25, 0.3) is 15.9 Å². The summed E-state index contributed by atoms with van der Waals surface area (Å²) in [5, 5.41) is 0. The van der Waals surface area contributed by atoms with E-state index in [0.717, 1.165) is 56.1 Å². The fourth-order valence-electron chi connectivity index (χ4n) is 5.73. The Labute approximate surface area is 260 Å². The Morgan fingerprint density at radius 2 is 1.91 bits per heavy atom. The van der Waals surface area contributed by atoms with Gasteiger partial charge >= 0.3 is 5.97 Å². The van der Waals surface area contributed by atoms with Crippen LogP contribution in [0.2, 0.25) is 0 Å². The number of carbonyl (C=O) groups excluding carboxylic acids is 1. The minimum atomic E-state index is -0.491. The second-order valence-corrected chi connectivity index (χ2v) is 11.1. The molecule has 45 heavy (non-hydrogen) atoms. The van der Waals surface area contributed by atoms with E-state index in [4.69, 9.17) is 35.5 Å². The summed E-state index contributed by atoms with van der Waals surface area (Å²) in [6.45, 7) is 13.6. The molecule has 2 aliphatic rings. The first-order chi connectivity index (χ1) is 21.9. The van der Waals surface area contributed by atoms with E-state index in [-0.39, 0.29) is 30.4 Å². The number of hydrogen-bond acceptors (Lipinski definition) is 9. The van der Waals surface area contributed by atoms with Gasteiger partial charge in [-0.25, -0.2) is 19.0 Å². The quantitative estimate of drug-likeness (QED) is 0.177. The summed E-state index contributed by atoms with van der Waals surface area (Å²) in [7, 11) is 2.97. The van der Waals surface area contributed by atoms with Crippen molar-refractivity contribution >= 4 is 28.5 Å². The molecule has 0 radical (unpaired) electrons. The number of pyridine rings is 1. The molecule has 2 fully saturated rings. The first-order valence-electron chi connectivity index (χ1n) is 14.9. The normalized spacial score (nSPS) is 17.4. The lowest BCUT2D eigenvalue weighted by atomic mass is 10.1. The van der Waals surface area contributed by atoms with Crippen LogP contribution in [0.3, 0.4) is 0 Å². The largest absolute Gasteiger partial charge is 0.496 e. The summed E-state index contributed by atoms with van der Waals surface area (Å²) in [4.78, 5) is 29.8. The third kappa shape index (κ3) is 6.41. The van der Waals surface area contributed by atoms with Gasteiger partial charge in [-0.2, -0.15) is 4.98 Å². The Morgan fingerprint density at radius 1 is 1.11 bits per heavy atom. The van der Waals surface area contributed by atoms with Crippen LogP contribution in [0.5, 0.6) is 11.6 Å². The molecule has 11 nitrogen and oxygen atoms in total. The monoisotopic (exact) mass is 614 g/mol. The van der Waals surface area contributed by atoms with Gasteiger partial charge in [0.2, 0.25) is 5.88 Å². The summed E-state index contributed by atoms with van der Waals surface area (Å²) < 4.78 is 38.7. The van der Waals surface area contributed by atoms with Crippen LogP contribution in [-0.2, 0) is 22.6 Å². The van der Waals surface area contributed by atoms with Gasteiger partial charge in [-0.1, -0.05) is 12.1 Å². The molecule has 0 amide bonds. The Bertz CT molecular complexity index is 1740. The zero-order valence-electron chi connectivity index (χ0n) is 25.5. The number of benzene rings is 2. The number of anilines is 1. The van der Waals surface area contributed by atoms with E-state index in [1.807, 2.05) is 18.2 Å². The zero-order chi connectivity index (χ0) is 31.5.